The second-order valence-electron chi connectivity index (χ2n) is 3.11. The Hall–Kier alpha value is -1.52. The van der Waals surface area contributed by atoms with Gasteiger partial charge >= 0.3 is 5.97 Å². The van der Waals surface area contributed by atoms with Crippen LogP contribution >= 0.6 is 0 Å². The molecule has 2 nitrogen and oxygen atoms in total. The molecule has 1 atom stereocenters. The Kier molecular flexibility index (Phi) is 3.34. The maximum absolute atomic E-state index is 13.4. The van der Waals surface area contributed by atoms with E-state index in [4.69, 9.17) is 5.11 Å². The molecular weight excluding hydrogens is 209 g/mol. The third kappa shape index (κ3) is 2.29. The number of alkyl halides is 2. The normalized spacial score (nSPS) is 12.9. The highest BCUT2D eigenvalue weighted by Gasteiger charge is 2.22. The van der Waals surface area contributed by atoms with E-state index < -0.39 is 29.7 Å². The van der Waals surface area contributed by atoms with E-state index in [0.717, 1.165) is 6.07 Å². The SMILES string of the molecule is CC(C(=O)O)c1cccc(C(F)F)c1F. The Morgan fingerprint density at radius 2 is 1.87 bits per heavy atom. The molecule has 1 aromatic rings. The van der Waals surface area contributed by atoms with Gasteiger partial charge in [-0.1, -0.05) is 18.2 Å². The topological polar surface area (TPSA) is 37.3 Å². The number of halogens is 3. The van der Waals surface area contributed by atoms with Crippen LogP contribution in [0, 0.1) is 5.82 Å². The van der Waals surface area contributed by atoms with E-state index in [9.17, 15) is 18.0 Å². The second-order valence-corrected chi connectivity index (χ2v) is 3.11. The lowest BCUT2D eigenvalue weighted by molar-refractivity contribution is -0.138. The van der Waals surface area contributed by atoms with Crippen molar-refractivity contribution in [3.05, 3.63) is 35.1 Å². The monoisotopic (exact) mass is 218 g/mol. The predicted octanol–water partition coefficient (Wildman–Crippen LogP) is 2.95. The lowest BCUT2D eigenvalue weighted by Crippen LogP contribution is -2.10. The van der Waals surface area contributed by atoms with Gasteiger partial charge in [0, 0.05) is 5.56 Å². The zero-order chi connectivity index (χ0) is 11.6. The molecule has 0 radical (unpaired) electrons. The quantitative estimate of drug-likeness (QED) is 0.846. The fourth-order valence-corrected chi connectivity index (χ4v) is 1.20. The zero-order valence-corrected chi connectivity index (χ0v) is 7.88. The molecule has 15 heavy (non-hydrogen) atoms. The summed E-state index contributed by atoms with van der Waals surface area (Å²) in [6.45, 7) is 1.25. The lowest BCUT2D eigenvalue weighted by Gasteiger charge is -2.10. The van der Waals surface area contributed by atoms with Gasteiger partial charge in [-0.3, -0.25) is 4.79 Å². The lowest BCUT2D eigenvalue weighted by atomic mass is 9.98. The maximum Gasteiger partial charge on any atom is 0.310 e. The largest absolute Gasteiger partial charge is 0.481 e. The highest BCUT2D eigenvalue weighted by molar-refractivity contribution is 5.75. The summed E-state index contributed by atoms with van der Waals surface area (Å²) in [6.07, 6.45) is -2.94. The van der Waals surface area contributed by atoms with Crippen molar-refractivity contribution >= 4 is 5.97 Å². The molecule has 0 saturated heterocycles. The van der Waals surface area contributed by atoms with E-state index in [2.05, 4.69) is 0 Å². The molecule has 0 fully saturated rings. The first-order valence-electron chi connectivity index (χ1n) is 4.24. The third-order valence-electron chi connectivity index (χ3n) is 2.13. The standard InChI is InChI=1S/C10H9F3O2/c1-5(10(14)15)6-3-2-4-7(8(6)11)9(12)13/h2-5,9H,1H3,(H,14,15). The van der Waals surface area contributed by atoms with Crippen molar-refractivity contribution in [1.82, 2.24) is 0 Å². The van der Waals surface area contributed by atoms with E-state index in [0.29, 0.717) is 0 Å². The summed E-state index contributed by atoms with van der Waals surface area (Å²) in [5, 5.41) is 8.64. The van der Waals surface area contributed by atoms with Crippen LogP contribution in [0.3, 0.4) is 0 Å². The molecule has 0 saturated carbocycles. The minimum absolute atomic E-state index is 0.222. The number of rotatable bonds is 3. The number of carbonyl (C=O) groups is 1. The summed E-state index contributed by atoms with van der Waals surface area (Å²) < 4.78 is 38.0. The van der Waals surface area contributed by atoms with Gasteiger partial charge in [0.05, 0.1) is 11.5 Å². The average molecular weight is 218 g/mol. The number of hydrogen-bond donors (Lipinski definition) is 1. The van der Waals surface area contributed by atoms with Crippen LogP contribution in [0.15, 0.2) is 18.2 Å². The summed E-state index contributed by atoms with van der Waals surface area (Å²) in [5.41, 5.74) is -0.985. The number of hydrogen-bond acceptors (Lipinski definition) is 1. The smallest absolute Gasteiger partial charge is 0.310 e. The summed E-state index contributed by atoms with van der Waals surface area (Å²) in [7, 11) is 0. The first kappa shape index (κ1) is 11.6. The van der Waals surface area contributed by atoms with E-state index in [1.807, 2.05) is 0 Å². The summed E-state index contributed by atoms with van der Waals surface area (Å²) in [5.74, 6) is -3.52. The van der Waals surface area contributed by atoms with Crippen LogP contribution in [0.25, 0.3) is 0 Å². The van der Waals surface area contributed by atoms with Crippen LogP contribution in [0.2, 0.25) is 0 Å². The molecule has 0 aliphatic heterocycles. The van der Waals surface area contributed by atoms with E-state index >= 15 is 0 Å². The minimum Gasteiger partial charge on any atom is -0.481 e. The first-order valence-corrected chi connectivity index (χ1v) is 4.24. The highest BCUT2D eigenvalue weighted by atomic mass is 19.3. The second kappa shape index (κ2) is 4.33. The Labute approximate surface area is 84.3 Å². The number of carboxylic acid groups (broad SMARTS) is 1. The van der Waals surface area contributed by atoms with Crippen molar-refractivity contribution in [3.63, 3.8) is 0 Å². The Bertz CT molecular complexity index is 377. The van der Waals surface area contributed by atoms with Crippen molar-refractivity contribution < 1.29 is 23.1 Å². The highest BCUT2D eigenvalue weighted by Crippen LogP contribution is 2.27. The fraction of sp³-hybridized carbons (Fsp3) is 0.300. The molecule has 0 amide bonds. The van der Waals surface area contributed by atoms with Crippen LogP contribution in [0.5, 0.6) is 0 Å². The Morgan fingerprint density at radius 3 is 2.33 bits per heavy atom. The van der Waals surface area contributed by atoms with E-state index in [-0.39, 0.29) is 5.56 Å². The molecule has 0 aliphatic carbocycles. The molecule has 1 N–H and O–H groups in total. The molecule has 0 aromatic heterocycles. The van der Waals surface area contributed by atoms with Crippen LogP contribution in [-0.2, 0) is 4.79 Å². The van der Waals surface area contributed by atoms with Crippen LogP contribution in [0.4, 0.5) is 13.2 Å². The number of benzene rings is 1. The summed E-state index contributed by atoms with van der Waals surface area (Å²) in [6, 6.07) is 3.36. The first-order chi connectivity index (χ1) is 6.95. The third-order valence-corrected chi connectivity index (χ3v) is 2.13. The molecule has 0 aliphatic rings. The predicted molar refractivity (Wildman–Crippen MR) is 47.4 cm³/mol. The van der Waals surface area contributed by atoms with Gasteiger partial charge in [-0.25, -0.2) is 13.2 Å². The molecule has 1 rings (SSSR count). The van der Waals surface area contributed by atoms with Crippen LogP contribution < -0.4 is 0 Å². The van der Waals surface area contributed by atoms with E-state index in [1.165, 1.54) is 19.1 Å². The molecule has 0 bridgehead atoms. The van der Waals surface area contributed by atoms with Crippen molar-refractivity contribution in [3.8, 4) is 0 Å². The van der Waals surface area contributed by atoms with Gasteiger partial charge in [-0.05, 0) is 6.92 Å². The Morgan fingerprint density at radius 1 is 1.33 bits per heavy atom. The minimum atomic E-state index is -2.94. The number of aliphatic carboxylic acids is 1. The van der Waals surface area contributed by atoms with Gasteiger partial charge in [0.2, 0.25) is 0 Å². The van der Waals surface area contributed by atoms with Gasteiger partial charge < -0.3 is 5.11 Å². The molecule has 0 heterocycles. The summed E-state index contributed by atoms with van der Waals surface area (Å²) >= 11 is 0. The van der Waals surface area contributed by atoms with Crippen molar-refractivity contribution in [1.29, 1.82) is 0 Å². The van der Waals surface area contributed by atoms with Gasteiger partial charge in [0.1, 0.15) is 5.82 Å². The van der Waals surface area contributed by atoms with Crippen molar-refractivity contribution in [2.24, 2.45) is 0 Å². The van der Waals surface area contributed by atoms with Gasteiger partial charge in [0.15, 0.2) is 0 Å². The van der Waals surface area contributed by atoms with Gasteiger partial charge in [-0.2, -0.15) is 0 Å². The summed E-state index contributed by atoms with van der Waals surface area (Å²) in [4.78, 5) is 10.6. The molecule has 5 heteroatoms. The molecule has 0 spiro atoms. The fourth-order valence-electron chi connectivity index (χ4n) is 1.20. The molecule has 82 valence electrons. The average Bonchev–Trinajstić information content (AvgIpc) is 2.16. The van der Waals surface area contributed by atoms with Crippen LogP contribution in [-0.4, -0.2) is 11.1 Å². The molecular formula is C10H9F3O2. The molecule has 1 unspecified atom stereocenters. The maximum atomic E-state index is 13.4. The Balaban J connectivity index is 3.21. The van der Waals surface area contributed by atoms with Crippen molar-refractivity contribution in [2.75, 3.05) is 0 Å². The number of carboxylic acids is 1. The van der Waals surface area contributed by atoms with Gasteiger partial charge in [0.25, 0.3) is 6.43 Å². The van der Waals surface area contributed by atoms with Gasteiger partial charge in [-0.15, -0.1) is 0 Å². The molecule has 1 aromatic carbocycles. The zero-order valence-electron chi connectivity index (χ0n) is 7.88. The van der Waals surface area contributed by atoms with E-state index in [1.54, 1.807) is 0 Å². The van der Waals surface area contributed by atoms with Crippen molar-refractivity contribution in [2.45, 2.75) is 19.3 Å². The van der Waals surface area contributed by atoms with Crippen LogP contribution in [0.1, 0.15) is 30.4 Å².